The highest BCUT2D eigenvalue weighted by molar-refractivity contribution is 8.02. The van der Waals surface area contributed by atoms with Gasteiger partial charge in [-0.3, -0.25) is 14.4 Å². The van der Waals surface area contributed by atoms with Gasteiger partial charge in [-0.05, 0) is 33.1 Å². The van der Waals surface area contributed by atoms with Crippen LogP contribution in [0.2, 0.25) is 0 Å². The SMILES string of the molecule is CCCC(C)N1CC=C[C@]23S[C@@]4(C)C=CCN(CCC)C(=O)[C@H]4[C@H]2C(=O)N([C@@H](CC)CO)C3C1=O. The molecule has 194 valence electrons. The van der Waals surface area contributed by atoms with Crippen molar-refractivity contribution >= 4 is 29.5 Å². The van der Waals surface area contributed by atoms with Crippen molar-refractivity contribution < 1.29 is 19.5 Å². The zero-order valence-electron chi connectivity index (χ0n) is 21.8. The van der Waals surface area contributed by atoms with Gasteiger partial charge in [0.1, 0.15) is 6.04 Å². The van der Waals surface area contributed by atoms with Crippen LogP contribution in [0.4, 0.5) is 0 Å². The second-order valence-corrected chi connectivity index (χ2v) is 12.5. The van der Waals surface area contributed by atoms with E-state index in [1.54, 1.807) is 16.7 Å². The summed E-state index contributed by atoms with van der Waals surface area (Å²) in [6.45, 7) is 11.7. The molecule has 2 unspecified atom stereocenters. The monoisotopic (exact) mass is 503 g/mol. The zero-order valence-corrected chi connectivity index (χ0v) is 22.6. The number of nitrogens with zero attached hydrogens (tertiary/aromatic N) is 3. The predicted molar refractivity (Wildman–Crippen MR) is 139 cm³/mol. The Balaban J connectivity index is 1.87. The number of likely N-dealkylation sites (tertiary alicyclic amines) is 1. The maximum atomic E-state index is 14.3. The van der Waals surface area contributed by atoms with E-state index in [1.165, 1.54) is 0 Å². The third kappa shape index (κ3) is 3.95. The Bertz CT molecular complexity index is 918. The summed E-state index contributed by atoms with van der Waals surface area (Å²) < 4.78 is -1.42. The minimum absolute atomic E-state index is 0.000949. The van der Waals surface area contributed by atoms with Gasteiger partial charge in [-0.25, -0.2) is 0 Å². The molecular formula is C27H41N3O4S. The summed E-state index contributed by atoms with van der Waals surface area (Å²) in [6, 6.07) is -1.14. The van der Waals surface area contributed by atoms with Crippen LogP contribution in [0.3, 0.4) is 0 Å². The molecule has 0 aromatic heterocycles. The molecule has 0 radical (unpaired) electrons. The van der Waals surface area contributed by atoms with Gasteiger partial charge in [0.05, 0.1) is 29.2 Å². The third-order valence-electron chi connectivity index (χ3n) is 8.42. The van der Waals surface area contributed by atoms with Crippen molar-refractivity contribution in [3.05, 3.63) is 24.3 Å². The van der Waals surface area contributed by atoms with Crippen molar-refractivity contribution in [3.63, 3.8) is 0 Å². The maximum absolute atomic E-state index is 14.3. The first-order chi connectivity index (χ1) is 16.7. The van der Waals surface area contributed by atoms with Crippen LogP contribution in [0.5, 0.6) is 0 Å². The summed E-state index contributed by atoms with van der Waals surface area (Å²) >= 11 is 1.61. The molecule has 7 atom stereocenters. The number of rotatable bonds is 8. The average molecular weight is 504 g/mol. The number of carbonyl (C=O) groups is 3. The number of thioether (sulfide) groups is 1. The Labute approximate surface area is 214 Å². The van der Waals surface area contributed by atoms with Crippen molar-refractivity contribution in [2.24, 2.45) is 11.8 Å². The van der Waals surface area contributed by atoms with Gasteiger partial charge in [0.15, 0.2) is 0 Å². The number of aliphatic hydroxyl groups excluding tert-OH is 1. The number of aliphatic hydroxyl groups is 1. The van der Waals surface area contributed by atoms with E-state index in [1.807, 2.05) is 22.8 Å². The largest absolute Gasteiger partial charge is 0.394 e. The highest BCUT2D eigenvalue weighted by Crippen LogP contribution is 2.65. The predicted octanol–water partition coefficient (Wildman–Crippen LogP) is 2.84. The van der Waals surface area contributed by atoms with Crippen LogP contribution in [0.1, 0.15) is 60.3 Å². The molecule has 4 aliphatic heterocycles. The molecule has 0 aromatic rings. The second kappa shape index (κ2) is 9.92. The summed E-state index contributed by atoms with van der Waals surface area (Å²) in [5.74, 6) is -1.42. The van der Waals surface area contributed by atoms with E-state index in [0.717, 1.165) is 19.3 Å². The Morgan fingerprint density at radius 3 is 2.37 bits per heavy atom. The van der Waals surface area contributed by atoms with Crippen LogP contribution >= 0.6 is 11.8 Å². The van der Waals surface area contributed by atoms with Gasteiger partial charge in [-0.1, -0.05) is 51.5 Å². The molecule has 0 bridgehead atoms. The molecule has 1 N–H and O–H groups in total. The Morgan fingerprint density at radius 1 is 1.03 bits per heavy atom. The molecule has 7 nitrogen and oxygen atoms in total. The number of carbonyl (C=O) groups excluding carboxylic acids is 3. The molecule has 3 amide bonds. The van der Waals surface area contributed by atoms with Gasteiger partial charge >= 0.3 is 0 Å². The van der Waals surface area contributed by atoms with Crippen LogP contribution in [0, 0.1) is 11.8 Å². The average Bonchev–Trinajstić information content (AvgIpc) is 3.09. The van der Waals surface area contributed by atoms with Crippen LogP contribution in [0.25, 0.3) is 0 Å². The topological polar surface area (TPSA) is 81.2 Å². The van der Waals surface area contributed by atoms with E-state index < -0.39 is 33.4 Å². The summed E-state index contributed by atoms with van der Waals surface area (Å²) in [6.07, 6.45) is 11.5. The highest BCUT2D eigenvalue weighted by atomic mass is 32.2. The first-order valence-corrected chi connectivity index (χ1v) is 14.1. The molecule has 35 heavy (non-hydrogen) atoms. The van der Waals surface area contributed by atoms with E-state index >= 15 is 0 Å². The Kier molecular flexibility index (Phi) is 7.45. The molecule has 0 aromatic carbocycles. The van der Waals surface area contributed by atoms with Gasteiger partial charge in [0.25, 0.3) is 0 Å². The van der Waals surface area contributed by atoms with Gasteiger partial charge in [-0.15, -0.1) is 11.8 Å². The fourth-order valence-corrected chi connectivity index (χ4v) is 8.92. The third-order valence-corrected chi connectivity index (χ3v) is 10.2. The van der Waals surface area contributed by atoms with E-state index in [-0.39, 0.29) is 30.4 Å². The standard InChI is InChI=1S/C27H41N3O4S/c1-6-11-18(4)29-16-10-13-27-21(24(33)30(19(8-3)17-31)22(27)25(29)34)20-23(32)28(14-7-2)15-9-12-26(20,5)35-27/h9-10,12-13,18-22,31H,6-8,11,14-17H2,1-5H3/t18?,19-,20+,21-,22?,26-,27-/m0/s1. The summed E-state index contributed by atoms with van der Waals surface area (Å²) in [7, 11) is 0. The first kappa shape index (κ1) is 26.3. The second-order valence-electron chi connectivity index (χ2n) is 10.7. The van der Waals surface area contributed by atoms with Gasteiger partial charge < -0.3 is 19.8 Å². The molecule has 8 heteroatoms. The lowest BCUT2D eigenvalue weighted by Gasteiger charge is -2.40. The quantitative estimate of drug-likeness (QED) is 0.515. The Hall–Kier alpha value is -1.80. The lowest BCUT2D eigenvalue weighted by Crippen LogP contribution is -2.57. The van der Waals surface area contributed by atoms with Gasteiger partial charge in [0.2, 0.25) is 17.7 Å². The summed E-state index contributed by atoms with van der Waals surface area (Å²) in [4.78, 5) is 47.9. The summed E-state index contributed by atoms with van der Waals surface area (Å²) in [5.41, 5.74) is 0. The van der Waals surface area contributed by atoms with Crippen LogP contribution in [-0.4, -0.2) is 91.4 Å². The number of amides is 3. The van der Waals surface area contributed by atoms with E-state index in [9.17, 15) is 19.5 Å². The smallest absolute Gasteiger partial charge is 0.247 e. The zero-order chi connectivity index (χ0) is 25.5. The molecule has 1 spiro atoms. The van der Waals surface area contributed by atoms with E-state index in [4.69, 9.17) is 0 Å². The lowest BCUT2D eigenvalue weighted by molar-refractivity contribution is -0.148. The lowest BCUT2D eigenvalue weighted by atomic mass is 9.74. The molecule has 2 fully saturated rings. The molecule has 0 saturated carbocycles. The van der Waals surface area contributed by atoms with Crippen molar-refractivity contribution in [1.29, 1.82) is 0 Å². The minimum atomic E-state index is -0.841. The highest BCUT2D eigenvalue weighted by Gasteiger charge is 2.74. The first-order valence-electron chi connectivity index (χ1n) is 13.3. The van der Waals surface area contributed by atoms with Gasteiger partial charge in [0, 0.05) is 30.4 Å². The number of fused-ring (bicyclic) bond motifs is 2. The molecule has 4 aliphatic rings. The van der Waals surface area contributed by atoms with E-state index in [2.05, 4.69) is 45.9 Å². The van der Waals surface area contributed by atoms with Crippen molar-refractivity contribution in [3.8, 4) is 0 Å². The fourth-order valence-electron chi connectivity index (χ4n) is 6.78. The number of hydrogen-bond donors (Lipinski definition) is 1. The molecule has 2 saturated heterocycles. The van der Waals surface area contributed by atoms with Crippen LogP contribution in [0.15, 0.2) is 24.3 Å². The normalized spacial score (nSPS) is 36.1. The molecule has 4 heterocycles. The van der Waals surface area contributed by atoms with Crippen molar-refractivity contribution in [2.75, 3.05) is 26.2 Å². The molecule has 4 rings (SSSR count). The van der Waals surface area contributed by atoms with Crippen LogP contribution < -0.4 is 0 Å². The molecular weight excluding hydrogens is 462 g/mol. The number of hydrogen-bond acceptors (Lipinski definition) is 5. The summed E-state index contributed by atoms with van der Waals surface area (Å²) in [5, 5.41) is 10.2. The van der Waals surface area contributed by atoms with Crippen LogP contribution in [-0.2, 0) is 14.4 Å². The van der Waals surface area contributed by atoms with Crippen molar-refractivity contribution in [1.82, 2.24) is 14.7 Å². The Morgan fingerprint density at radius 2 is 1.74 bits per heavy atom. The van der Waals surface area contributed by atoms with E-state index in [0.29, 0.717) is 26.1 Å². The minimum Gasteiger partial charge on any atom is -0.394 e. The van der Waals surface area contributed by atoms with Crippen molar-refractivity contribution in [2.45, 2.75) is 87.9 Å². The maximum Gasteiger partial charge on any atom is 0.247 e. The molecule has 0 aliphatic carbocycles. The fraction of sp³-hybridized carbons (Fsp3) is 0.741. The van der Waals surface area contributed by atoms with Gasteiger partial charge in [-0.2, -0.15) is 0 Å².